The van der Waals surface area contributed by atoms with Crippen molar-refractivity contribution >= 4 is 51.1 Å². The van der Waals surface area contributed by atoms with E-state index in [1.54, 1.807) is 18.2 Å². The number of rotatable bonds is 2. The van der Waals surface area contributed by atoms with E-state index < -0.39 is 5.91 Å². The first-order valence-corrected chi connectivity index (χ1v) is 7.25. The molecule has 0 radical (unpaired) electrons. The van der Waals surface area contributed by atoms with Crippen LogP contribution >= 0.6 is 34.2 Å². The molecule has 0 saturated heterocycles. The molecule has 3 rings (SSSR count). The van der Waals surface area contributed by atoms with Gasteiger partial charge in [-0.05, 0) is 59.0 Å². The number of aromatic nitrogens is 2. The summed E-state index contributed by atoms with van der Waals surface area (Å²) in [5.41, 5.74) is 8.07. The van der Waals surface area contributed by atoms with Crippen LogP contribution in [0, 0.1) is 3.57 Å². The predicted octanol–water partition coefficient (Wildman–Crippen LogP) is 3.59. The fraction of sp³-hybridized carbons (Fsp3) is 0. The molecule has 3 aromatic rings. The molecular weight excluding hydrogens is 389 g/mol. The van der Waals surface area contributed by atoms with Crippen LogP contribution in [0.3, 0.4) is 0 Å². The van der Waals surface area contributed by atoms with Crippen molar-refractivity contribution in [2.75, 3.05) is 0 Å². The highest BCUT2D eigenvalue weighted by atomic mass is 127. The summed E-state index contributed by atoms with van der Waals surface area (Å²) in [6, 6.07) is 10.8. The summed E-state index contributed by atoms with van der Waals surface area (Å²) in [4.78, 5) is 18.8. The van der Waals surface area contributed by atoms with Gasteiger partial charge in [-0.1, -0.05) is 11.6 Å². The molecule has 0 fully saturated rings. The van der Waals surface area contributed by atoms with E-state index >= 15 is 0 Å². The number of amides is 1. The van der Waals surface area contributed by atoms with Crippen molar-refractivity contribution in [2.45, 2.75) is 0 Å². The number of nitrogens with zero attached hydrogens (tertiary/aromatic N) is 1. The number of primary amides is 1. The van der Waals surface area contributed by atoms with Gasteiger partial charge in [0.25, 0.3) is 0 Å². The summed E-state index contributed by atoms with van der Waals surface area (Å²) >= 11 is 8.42. The maximum atomic E-state index is 11.2. The molecule has 20 heavy (non-hydrogen) atoms. The number of imidazole rings is 1. The van der Waals surface area contributed by atoms with Crippen LogP contribution in [0.1, 0.15) is 10.4 Å². The number of nitrogens with one attached hydrogen (secondary N) is 1. The van der Waals surface area contributed by atoms with Crippen LogP contribution in [0.2, 0.25) is 5.02 Å². The van der Waals surface area contributed by atoms with Crippen LogP contribution in [-0.2, 0) is 0 Å². The van der Waals surface area contributed by atoms with Crippen LogP contribution in [0.5, 0.6) is 0 Å². The van der Waals surface area contributed by atoms with Gasteiger partial charge in [0.2, 0.25) is 5.91 Å². The van der Waals surface area contributed by atoms with Crippen LogP contribution in [0.4, 0.5) is 0 Å². The van der Waals surface area contributed by atoms with Gasteiger partial charge in [-0.3, -0.25) is 4.79 Å². The molecule has 0 spiro atoms. The number of benzene rings is 2. The first-order chi connectivity index (χ1) is 9.54. The van der Waals surface area contributed by atoms with Gasteiger partial charge in [-0.15, -0.1) is 0 Å². The molecule has 0 aliphatic carbocycles. The van der Waals surface area contributed by atoms with Gasteiger partial charge in [-0.25, -0.2) is 4.98 Å². The zero-order valence-corrected chi connectivity index (χ0v) is 13.1. The second-order valence-electron chi connectivity index (χ2n) is 4.31. The van der Waals surface area contributed by atoms with E-state index in [0.717, 1.165) is 20.2 Å². The number of aromatic amines is 1. The molecule has 1 heterocycles. The van der Waals surface area contributed by atoms with Crippen molar-refractivity contribution in [1.82, 2.24) is 9.97 Å². The fourth-order valence-electron chi connectivity index (χ4n) is 1.97. The largest absolute Gasteiger partial charge is 0.366 e. The normalized spacial score (nSPS) is 10.9. The quantitative estimate of drug-likeness (QED) is 0.649. The molecule has 100 valence electrons. The van der Waals surface area contributed by atoms with E-state index in [1.165, 1.54) is 0 Å². The van der Waals surface area contributed by atoms with E-state index in [1.807, 2.05) is 18.2 Å². The molecule has 2 aromatic carbocycles. The van der Waals surface area contributed by atoms with Crippen molar-refractivity contribution < 1.29 is 4.79 Å². The number of nitrogens with two attached hydrogens (primary N) is 1. The van der Waals surface area contributed by atoms with Gasteiger partial charge in [0.1, 0.15) is 5.82 Å². The van der Waals surface area contributed by atoms with Crippen molar-refractivity contribution in [2.24, 2.45) is 5.73 Å². The second kappa shape index (κ2) is 5.06. The topological polar surface area (TPSA) is 71.8 Å². The lowest BCUT2D eigenvalue weighted by Gasteiger charge is -2.00. The zero-order valence-electron chi connectivity index (χ0n) is 10.2. The third kappa shape index (κ3) is 2.38. The zero-order chi connectivity index (χ0) is 14.3. The van der Waals surface area contributed by atoms with Crippen LogP contribution in [-0.4, -0.2) is 15.9 Å². The molecule has 0 aliphatic heterocycles. The molecule has 0 unspecified atom stereocenters. The molecule has 0 aliphatic rings. The Labute approximate surface area is 133 Å². The number of hydrogen-bond donors (Lipinski definition) is 2. The molecular formula is C14H9ClIN3O. The molecule has 1 aromatic heterocycles. The van der Waals surface area contributed by atoms with E-state index in [0.29, 0.717) is 16.4 Å². The third-order valence-electron chi connectivity index (χ3n) is 2.95. The summed E-state index contributed by atoms with van der Waals surface area (Å²) in [6.07, 6.45) is 0. The van der Waals surface area contributed by atoms with Gasteiger partial charge < -0.3 is 10.7 Å². The first kappa shape index (κ1) is 13.4. The summed E-state index contributed by atoms with van der Waals surface area (Å²) < 4.78 is 1.07. The molecule has 0 bridgehead atoms. The van der Waals surface area contributed by atoms with Gasteiger partial charge in [0.05, 0.1) is 16.1 Å². The highest BCUT2D eigenvalue weighted by Crippen LogP contribution is 2.29. The lowest BCUT2D eigenvalue weighted by molar-refractivity contribution is 0.100. The summed E-state index contributed by atoms with van der Waals surface area (Å²) in [5, 5.41) is 0.625. The molecule has 4 nitrogen and oxygen atoms in total. The summed E-state index contributed by atoms with van der Waals surface area (Å²) in [6.45, 7) is 0. The minimum absolute atomic E-state index is 0.446. The van der Waals surface area contributed by atoms with Crippen LogP contribution < -0.4 is 5.73 Å². The van der Waals surface area contributed by atoms with Gasteiger partial charge >= 0.3 is 0 Å². The molecule has 3 N–H and O–H groups in total. The minimum atomic E-state index is -0.463. The predicted molar refractivity (Wildman–Crippen MR) is 87.8 cm³/mol. The number of hydrogen-bond acceptors (Lipinski definition) is 2. The fourth-order valence-corrected chi connectivity index (χ4v) is 2.67. The maximum Gasteiger partial charge on any atom is 0.248 e. The van der Waals surface area contributed by atoms with Crippen molar-refractivity contribution in [1.29, 1.82) is 0 Å². The van der Waals surface area contributed by atoms with E-state index in [-0.39, 0.29) is 0 Å². The average Bonchev–Trinajstić information content (AvgIpc) is 2.83. The van der Waals surface area contributed by atoms with E-state index in [2.05, 4.69) is 32.6 Å². The Morgan fingerprint density at radius 2 is 2.05 bits per heavy atom. The Hall–Kier alpha value is -1.60. The Balaban J connectivity index is 2.17. The highest BCUT2D eigenvalue weighted by Gasteiger charge is 2.11. The lowest BCUT2D eigenvalue weighted by Crippen LogP contribution is -2.10. The molecule has 6 heteroatoms. The maximum absolute atomic E-state index is 11.2. The lowest BCUT2D eigenvalue weighted by atomic mass is 10.2. The second-order valence-corrected chi connectivity index (χ2v) is 5.96. The van der Waals surface area contributed by atoms with Crippen molar-refractivity contribution in [3.63, 3.8) is 0 Å². The summed E-state index contributed by atoms with van der Waals surface area (Å²) in [7, 11) is 0. The number of carbonyl (C=O) groups is 1. The highest BCUT2D eigenvalue weighted by molar-refractivity contribution is 14.1. The van der Waals surface area contributed by atoms with Crippen molar-refractivity contribution in [3.05, 3.63) is 50.6 Å². The van der Waals surface area contributed by atoms with Gasteiger partial charge in [-0.2, -0.15) is 0 Å². The number of H-pyrrole nitrogens is 1. The Morgan fingerprint density at radius 1 is 1.25 bits per heavy atom. The van der Waals surface area contributed by atoms with Crippen LogP contribution in [0.25, 0.3) is 22.4 Å². The van der Waals surface area contributed by atoms with E-state index in [4.69, 9.17) is 17.3 Å². The SMILES string of the molecule is NC(=O)c1ccc2nc(-c3cc(I)ccc3Cl)[nH]c2c1. The van der Waals surface area contributed by atoms with Gasteiger partial charge in [0.15, 0.2) is 0 Å². The summed E-state index contributed by atoms with van der Waals surface area (Å²) in [5.74, 6) is 0.209. The Bertz CT molecular complexity index is 828. The van der Waals surface area contributed by atoms with Crippen molar-refractivity contribution in [3.8, 4) is 11.4 Å². The number of halogens is 2. The molecule has 0 atom stereocenters. The average molecular weight is 398 g/mol. The van der Waals surface area contributed by atoms with Gasteiger partial charge in [0, 0.05) is 14.7 Å². The first-order valence-electron chi connectivity index (χ1n) is 5.79. The molecule has 0 saturated carbocycles. The number of fused-ring (bicyclic) bond motifs is 1. The smallest absolute Gasteiger partial charge is 0.248 e. The van der Waals surface area contributed by atoms with E-state index in [9.17, 15) is 4.79 Å². The Kier molecular flexibility index (Phi) is 3.39. The monoisotopic (exact) mass is 397 g/mol. The Morgan fingerprint density at radius 3 is 2.80 bits per heavy atom. The standard InChI is InChI=1S/C14H9ClIN3O/c15-10-3-2-8(16)6-9(10)14-18-11-4-1-7(13(17)20)5-12(11)19-14/h1-6H,(H2,17,20)(H,18,19). The minimum Gasteiger partial charge on any atom is -0.366 e. The number of carbonyl (C=O) groups excluding carboxylic acids is 1. The molecule has 1 amide bonds. The third-order valence-corrected chi connectivity index (χ3v) is 3.95. The van der Waals surface area contributed by atoms with Crippen LogP contribution in [0.15, 0.2) is 36.4 Å².